The largest absolute Gasteiger partial charge is 0.490 e. The van der Waals surface area contributed by atoms with Crippen LogP contribution in [-0.2, 0) is 6.61 Å². The first kappa shape index (κ1) is 10.7. The molecule has 0 heterocycles. The molecule has 2 aromatic rings. The molecule has 78 valence electrons. The molecule has 0 amide bonds. The molecule has 0 saturated heterocycles. The van der Waals surface area contributed by atoms with Crippen LogP contribution in [0.5, 0.6) is 5.75 Å². The van der Waals surface area contributed by atoms with Gasteiger partial charge in [0.15, 0.2) is 0 Å². The molecule has 0 N–H and O–H groups in total. The van der Waals surface area contributed by atoms with Crippen molar-refractivity contribution in [2.24, 2.45) is 0 Å². The van der Waals surface area contributed by atoms with Gasteiger partial charge in [-0.1, -0.05) is 35.8 Å². The average Bonchev–Trinajstić information content (AvgIpc) is 2.29. The molecule has 0 bridgehead atoms. The van der Waals surface area contributed by atoms with Crippen molar-refractivity contribution in [3.8, 4) is 5.75 Å². The topological polar surface area (TPSA) is 9.23 Å². The van der Waals surface area contributed by atoms with Crippen molar-refractivity contribution >= 4 is 13.3 Å². The fraction of sp³-hybridized carbons (Fsp3) is 0.0769. The summed E-state index contributed by atoms with van der Waals surface area (Å²) in [6, 6.07) is 13.8. The minimum atomic E-state index is -0.357. The Balaban J connectivity index is 2.05. The molecule has 0 fully saturated rings. The monoisotopic (exact) mass is 212 g/mol. The molecule has 0 spiro atoms. The van der Waals surface area contributed by atoms with Crippen molar-refractivity contribution in [2.75, 3.05) is 0 Å². The predicted molar refractivity (Wildman–Crippen MR) is 62.6 cm³/mol. The van der Waals surface area contributed by atoms with Gasteiger partial charge in [0.2, 0.25) is 0 Å². The van der Waals surface area contributed by atoms with E-state index < -0.39 is 0 Å². The van der Waals surface area contributed by atoms with E-state index in [2.05, 4.69) is 0 Å². The minimum Gasteiger partial charge on any atom is -0.490 e. The first-order chi connectivity index (χ1) is 7.75. The fourth-order valence-electron chi connectivity index (χ4n) is 1.39. The summed E-state index contributed by atoms with van der Waals surface area (Å²) in [6.45, 7) is 0.427. The number of hydrogen-bond donors (Lipinski definition) is 0. The zero-order valence-electron chi connectivity index (χ0n) is 8.69. The van der Waals surface area contributed by atoms with Crippen LogP contribution < -0.4 is 10.2 Å². The van der Waals surface area contributed by atoms with Crippen molar-refractivity contribution in [2.45, 2.75) is 6.61 Å². The molecule has 1 nitrogen and oxygen atoms in total. The van der Waals surface area contributed by atoms with Crippen LogP contribution in [0.25, 0.3) is 0 Å². The van der Waals surface area contributed by atoms with Gasteiger partial charge in [-0.15, -0.1) is 0 Å². The number of rotatable bonds is 3. The van der Waals surface area contributed by atoms with Crippen LogP contribution in [0.4, 0.5) is 4.39 Å². The molecule has 0 aliphatic rings. The predicted octanol–water partition coefficient (Wildman–Crippen LogP) is 2.20. The highest BCUT2D eigenvalue weighted by Gasteiger charge is 2.00. The van der Waals surface area contributed by atoms with Gasteiger partial charge in [-0.05, 0) is 23.8 Å². The van der Waals surface area contributed by atoms with E-state index in [9.17, 15) is 4.39 Å². The number of hydrogen-bond acceptors (Lipinski definition) is 1. The second-order valence-electron chi connectivity index (χ2n) is 3.46. The van der Waals surface area contributed by atoms with E-state index in [-0.39, 0.29) is 5.82 Å². The molecule has 2 aromatic carbocycles. The van der Waals surface area contributed by atoms with E-state index in [4.69, 9.17) is 12.6 Å². The Bertz CT molecular complexity index is 471. The zero-order chi connectivity index (χ0) is 11.4. The Kier molecular flexibility index (Phi) is 3.25. The van der Waals surface area contributed by atoms with Crippen LogP contribution in [0.1, 0.15) is 5.56 Å². The summed E-state index contributed by atoms with van der Waals surface area (Å²) in [5.41, 5.74) is 1.36. The van der Waals surface area contributed by atoms with E-state index in [1.165, 1.54) is 18.2 Å². The SMILES string of the molecule is [B]c1cc(F)ccc1OCc1ccccc1. The summed E-state index contributed by atoms with van der Waals surface area (Å²) in [4.78, 5) is 0. The summed E-state index contributed by atoms with van der Waals surface area (Å²) in [5.74, 6) is 0.148. The van der Waals surface area contributed by atoms with Crippen LogP contribution in [0.3, 0.4) is 0 Å². The normalized spacial score (nSPS) is 10.1. The summed E-state index contributed by atoms with van der Waals surface area (Å²) in [6.07, 6.45) is 0. The lowest BCUT2D eigenvalue weighted by Crippen LogP contribution is -2.09. The van der Waals surface area contributed by atoms with Crippen LogP contribution in [0, 0.1) is 5.82 Å². The molecule has 16 heavy (non-hydrogen) atoms. The average molecular weight is 212 g/mol. The summed E-state index contributed by atoms with van der Waals surface area (Å²) in [5, 5.41) is 0. The molecular weight excluding hydrogens is 202 g/mol. The quantitative estimate of drug-likeness (QED) is 0.708. The van der Waals surface area contributed by atoms with Gasteiger partial charge >= 0.3 is 0 Å². The lowest BCUT2D eigenvalue weighted by atomic mass is 9.95. The second-order valence-corrected chi connectivity index (χ2v) is 3.46. The van der Waals surface area contributed by atoms with Gasteiger partial charge < -0.3 is 4.74 Å². The summed E-state index contributed by atoms with van der Waals surface area (Å²) >= 11 is 0. The number of ether oxygens (including phenoxy) is 1. The van der Waals surface area contributed by atoms with Crippen LogP contribution in [0.2, 0.25) is 0 Å². The third-order valence-electron chi connectivity index (χ3n) is 2.21. The van der Waals surface area contributed by atoms with Gasteiger partial charge in [0.1, 0.15) is 26.0 Å². The van der Waals surface area contributed by atoms with E-state index in [1.54, 1.807) is 0 Å². The first-order valence-corrected chi connectivity index (χ1v) is 4.97. The lowest BCUT2D eigenvalue weighted by Gasteiger charge is -2.09. The fourth-order valence-corrected chi connectivity index (χ4v) is 1.39. The lowest BCUT2D eigenvalue weighted by molar-refractivity contribution is 0.308. The van der Waals surface area contributed by atoms with Crippen molar-refractivity contribution < 1.29 is 9.13 Å². The molecule has 2 rings (SSSR count). The highest BCUT2D eigenvalue weighted by Crippen LogP contribution is 2.10. The maximum atomic E-state index is 12.8. The van der Waals surface area contributed by atoms with Crippen molar-refractivity contribution in [1.82, 2.24) is 0 Å². The Labute approximate surface area is 95.3 Å². The van der Waals surface area contributed by atoms with E-state index in [0.29, 0.717) is 17.8 Å². The molecule has 0 saturated carbocycles. The summed E-state index contributed by atoms with van der Waals surface area (Å²) < 4.78 is 18.3. The van der Waals surface area contributed by atoms with Crippen molar-refractivity contribution in [3.63, 3.8) is 0 Å². The molecule has 0 aromatic heterocycles. The highest BCUT2D eigenvalue weighted by molar-refractivity contribution is 6.34. The van der Waals surface area contributed by atoms with Gasteiger partial charge in [-0.3, -0.25) is 0 Å². The minimum absolute atomic E-state index is 0.316. The van der Waals surface area contributed by atoms with Gasteiger partial charge in [0, 0.05) is 0 Å². The third kappa shape index (κ3) is 2.63. The number of benzene rings is 2. The number of halogens is 1. The highest BCUT2D eigenvalue weighted by atomic mass is 19.1. The smallest absolute Gasteiger partial charge is 0.122 e. The molecule has 0 unspecified atom stereocenters. The third-order valence-corrected chi connectivity index (χ3v) is 2.21. The Hall–Kier alpha value is -1.77. The molecule has 2 radical (unpaired) electrons. The van der Waals surface area contributed by atoms with Gasteiger partial charge in [-0.25, -0.2) is 4.39 Å². The Morgan fingerprint density at radius 2 is 1.81 bits per heavy atom. The van der Waals surface area contributed by atoms with Crippen molar-refractivity contribution in [3.05, 3.63) is 59.9 Å². The Morgan fingerprint density at radius 1 is 1.06 bits per heavy atom. The maximum absolute atomic E-state index is 12.8. The molecule has 0 atom stereocenters. The molecular formula is C13H10BFO. The van der Waals surface area contributed by atoms with Gasteiger partial charge in [-0.2, -0.15) is 0 Å². The second kappa shape index (κ2) is 4.84. The van der Waals surface area contributed by atoms with Gasteiger partial charge in [0.05, 0.1) is 0 Å². The molecule has 0 aliphatic carbocycles. The Morgan fingerprint density at radius 3 is 2.50 bits per heavy atom. The molecule has 3 heteroatoms. The van der Waals surface area contributed by atoms with E-state index in [1.807, 2.05) is 30.3 Å². The molecule has 0 aliphatic heterocycles. The maximum Gasteiger partial charge on any atom is 0.122 e. The first-order valence-electron chi connectivity index (χ1n) is 4.97. The van der Waals surface area contributed by atoms with E-state index >= 15 is 0 Å². The van der Waals surface area contributed by atoms with E-state index in [0.717, 1.165) is 5.56 Å². The van der Waals surface area contributed by atoms with Gasteiger partial charge in [0.25, 0.3) is 0 Å². The standard InChI is InChI=1S/C13H10BFO/c14-12-8-11(15)6-7-13(12)16-9-10-4-2-1-3-5-10/h1-8H,9H2. The van der Waals surface area contributed by atoms with Crippen LogP contribution in [0.15, 0.2) is 48.5 Å². The van der Waals surface area contributed by atoms with Crippen LogP contribution >= 0.6 is 0 Å². The van der Waals surface area contributed by atoms with Crippen LogP contribution in [-0.4, -0.2) is 7.85 Å². The van der Waals surface area contributed by atoms with Crippen molar-refractivity contribution in [1.29, 1.82) is 0 Å². The summed E-state index contributed by atoms with van der Waals surface area (Å²) in [7, 11) is 5.62. The zero-order valence-corrected chi connectivity index (χ0v) is 8.69.